The van der Waals surface area contributed by atoms with Crippen molar-refractivity contribution in [3.8, 4) is 5.75 Å². The lowest BCUT2D eigenvalue weighted by molar-refractivity contribution is -0.274. The minimum atomic E-state index is -4.69. The normalized spacial score (nSPS) is 13.0. The van der Waals surface area contributed by atoms with Gasteiger partial charge in [0.1, 0.15) is 0 Å². The zero-order valence-electron chi connectivity index (χ0n) is 10.8. The third kappa shape index (κ3) is 3.90. The Balaban J connectivity index is 2.20. The third-order valence-electron chi connectivity index (χ3n) is 2.74. The number of alkyl halides is 3. The second-order valence-electron chi connectivity index (χ2n) is 4.16. The van der Waals surface area contributed by atoms with Gasteiger partial charge in [0.15, 0.2) is 5.75 Å². The minimum Gasteiger partial charge on any atom is -0.404 e. The molecule has 108 valence electrons. The molecule has 0 radical (unpaired) electrons. The molecule has 0 aliphatic heterocycles. The van der Waals surface area contributed by atoms with E-state index in [-0.39, 0.29) is 11.8 Å². The van der Waals surface area contributed by atoms with Crippen LogP contribution >= 0.6 is 11.3 Å². The highest BCUT2D eigenvalue weighted by molar-refractivity contribution is 7.10. The van der Waals surface area contributed by atoms with Crippen molar-refractivity contribution in [2.24, 2.45) is 0 Å². The molecule has 0 aliphatic carbocycles. The van der Waals surface area contributed by atoms with Gasteiger partial charge in [-0.15, -0.1) is 24.5 Å². The van der Waals surface area contributed by atoms with Gasteiger partial charge in [-0.3, -0.25) is 0 Å². The molecule has 0 fully saturated rings. The predicted octanol–water partition coefficient (Wildman–Crippen LogP) is 5.21. The molecule has 1 atom stereocenters. The molecule has 20 heavy (non-hydrogen) atoms. The summed E-state index contributed by atoms with van der Waals surface area (Å²) < 4.78 is 41.1. The molecule has 0 bridgehead atoms. The van der Waals surface area contributed by atoms with Crippen LogP contribution in [0.4, 0.5) is 18.9 Å². The summed E-state index contributed by atoms with van der Waals surface area (Å²) in [6, 6.07) is 9.91. The molecule has 0 saturated carbocycles. The van der Waals surface area contributed by atoms with Crippen molar-refractivity contribution >= 4 is 17.0 Å². The van der Waals surface area contributed by atoms with Crippen LogP contribution < -0.4 is 10.1 Å². The molecule has 0 aliphatic rings. The molecule has 2 rings (SSSR count). The van der Waals surface area contributed by atoms with Crippen LogP contribution in [-0.4, -0.2) is 6.36 Å². The van der Waals surface area contributed by atoms with Crippen LogP contribution in [0.1, 0.15) is 24.3 Å². The maximum absolute atomic E-state index is 12.4. The molecule has 0 amide bonds. The lowest BCUT2D eigenvalue weighted by Gasteiger charge is -2.20. The summed E-state index contributed by atoms with van der Waals surface area (Å²) in [4.78, 5) is 1.08. The number of ether oxygens (including phenoxy) is 1. The van der Waals surface area contributed by atoms with E-state index < -0.39 is 6.36 Å². The fourth-order valence-corrected chi connectivity index (χ4v) is 2.71. The molecule has 1 heterocycles. The number of anilines is 1. The van der Waals surface area contributed by atoms with Gasteiger partial charge in [-0.1, -0.05) is 25.1 Å². The fourth-order valence-electron chi connectivity index (χ4n) is 1.85. The van der Waals surface area contributed by atoms with Crippen LogP contribution in [0.15, 0.2) is 41.8 Å². The zero-order valence-corrected chi connectivity index (χ0v) is 11.6. The average Bonchev–Trinajstić information content (AvgIpc) is 2.89. The SMILES string of the molecule is CCC(Nc1ccccc1OC(F)(F)F)c1cccs1. The maximum atomic E-state index is 12.4. The van der Waals surface area contributed by atoms with E-state index in [4.69, 9.17) is 0 Å². The molecule has 6 heteroatoms. The molecule has 1 aromatic heterocycles. The van der Waals surface area contributed by atoms with E-state index in [9.17, 15) is 13.2 Å². The van der Waals surface area contributed by atoms with Crippen molar-refractivity contribution < 1.29 is 17.9 Å². The van der Waals surface area contributed by atoms with Crippen molar-refractivity contribution in [3.63, 3.8) is 0 Å². The Morgan fingerprint density at radius 1 is 1.20 bits per heavy atom. The summed E-state index contributed by atoms with van der Waals surface area (Å²) >= 11 is 1.57. The first-order valence-electron chi connectivity index (χ1n) is 6.14. The largest absolute Gasteiger partial charge is 0.573 e. The minimum absolute atomic E-state index is 0.0343. The number of benzene rings is 1. The van der Waals surface area contributed by atoms with Crippen molar-refractivity contribution in [3.05, 3.63) is 46.7 Å². The molecule has 2 nitrogen and oxygen atoms in total. The summed E-state index contributed by atoms with van der Waals surface area (Å²) in [6.07, 6.45) is -3.93. The van der Waals surface area contributed by atoms with E-state index in [1.807, 2.05) is 24.4 Å². The molecule has 1 unspecified atom stereocenters. The smallest absolute Gasteiger partial charge is 0.404 e. The number of para-hydroxylation sites is 2. The maximum Gasteiger partial charge on any atom is 0.573 e. The Labute approximate surface area is 119 Å². The molecule has 0 saturated heterocycles. The van der Waals surface area contributed by atoms with Gasteiger partial charge in [-0.2, -0.15) is 0 Å². The summed E-state index contributed by atoms with van der Waals surface area (Å²) in [5, 5.41) is 5.05. The average molecular weight is 301 g/mol. The van der Waals surface area contributed by atoms with Gasteiger partial charge < -0.3 is 10.1 Å². The second-order valence-corrected chi connectivity index (χ2v) is 5.14. The highest BCUT2D eigenvalue weighted by Crippen LogP contribution is 2.34. The van der Waals surface area contributed by atoms with Gasteiger partial charge in [0.25, 0.3) is 0 Å². The van der Waals surface area contributed by atoms with Crippen molar-refractivity contribution in [1.82, 2.24) is 0 Å². The molecule has 1 N–H and O–H groups in total. The Morgan fingerprint density at radius 2 is 1.95 bits per heavy atom. The molecule has 2 aromatic rings. The number of nitrogens with one attached hydrogen (secondary N) is 1. The van der Waals surface area contributed by atoms with Gasteiger partial charge in [0.2, 0.25) is 0 Å². The number of hydrogen-bond donors (Lipinski definition) is 1. The highest BCUT2D eigenvalue weighted by atomic mass is 32.1. The third-order valence-corrected chi connectivity index (χ3v) is 3.72. The van der Waals surface area contributed by atoms with Gasteiger partial charge >= 0.3 is 6.36 Å². The standard InChI is InChI=1S/C14H14F3NOS/c1-2-10(13-8-5-9-20-13)18-11-6-3-4-7-12(11)19-14(15,16)17/h3-10,18H,2H2,1H3. The molecule has 0 spiro atoms. The molecule has 1 aromatic carbocycles. The van der Waals surface area contributed by atoms with E-state index in [0.717, 1.165) is 11.3 Å². The van der Waals surface area contributed by atoms with Crippen LogP contribution in [0.5, 0.6) is 5.75 Å². The van der Waals surface area contributed by atoms with Crippen molar-refractivity contribution in [2.75, 3.05) is 5.32 Å². The van der Waals surface area contributed by atoms with Crippen LogP contribution in [0.2, 0.25) is 0 Å². The summed E-state index contributed by atoms with van der Waals surface area (Å²) in [7, 11) is 0. The summed E-state index contributed by atoms with van der Waals surface area (Å²) in [6.45, 7) is 1.98. The number of hydrogen-bond acceptors (Lipinski definition) is 3. The van der Waals surface area contributed by atoms with Crippen molar-refractivity contribution in [2.45, 2.75) is 25.7 Å². The Morgan fingerprint density at radius 3 is 2.55 bits per heavy atom. The molecular formula is C14H14F3NOS. The first-order valence-corrected chi connectivity index (χ1v) is 7.02. The van der Waals surface area contributed by atoms with E-state index in [0.29, 0.717) is 5.69 Å². The lowest BCUT2D eigenvalue weighted by atomic mass is 10.1. The number of rotatable bonds is 5. The number of thiophene rings is 1. The van der Waals surface area contributed by atoms with E-state index in [1.165, 1.54) is 12.1 Å². The van der Waals surface area contributed by atoms with Gasteiger partial charge in [-0.05, 0) is 30.0 Å². The number of halogens is 3. The predicted molar refractivity (Wildman–Crippen MR) is 74.1 cm³/mol. The first-order chi connectivity index (χ1) is 9.49. The van der Waals surface area contributed by atoms with Gasteiger partial charge in [0.05, 0.1) is 11.7 Å². The Kier molecular flexibility index (Phi) is 4.54. The zero-order chi connectivity index (χ0) is 14.6. The topological polar surface area (TPSA) is 21.3 Å². The fraction of sp³-hybridized carbons (Fsp3) is 0.286. The first kappa shape index (κ1) is 14.7. The van der Waals surface area contributed by atoms with Gasteiger partial charge in [-0.25, -0.2) is 0 Å². The van der Waals surface area contributed by atoms with Crippen LogP contribution in [0.3, 0.4) is 0 Å². The van der Waals surface area contributed by atoms with E-state index in [2.05, 4.69) is 10.1 Å². The quantitative estimate of drug-likeness (QED) is 0.818. The van der Waals surface area contributed by atoms with E-state index >= 15 is 0 Å². The Hall–Kier alpha value is -1.69. The van der Waals surface area contributed by atoms with E-state index in [1.54, 1.807) is 23.5 Å². The summed E-state index contributed by atoms with van der Waals surface area (Å²) in [5.74, 6) is -0.213. The summed E-state index contributed by atoms with van der Waals surface area (Å²) in [5.41, 5.74) is 0.338. The van der Waals surface area contributed by atoms with Crippen LogP contribution in [-0.2, 0) is 0 Å². The van der Waals surface area contributed by atoms with Crippen molar-refractivity contribution in [1.29, 1.82) is 0 Å². The Bertz CT molecular complexity index is 540. The second kappa shape index (κ2) is 6.17. The highest BCUT2D eigenvalue weighted by Gasteiger charge is 2.32. The lowest BCUT2D eigenvalue weighted by Crippen LogP contribution is -2.18. The van der Waals surface area contributed by atoms with Gasteiger partial charge in [0, 0.05) is 4.88 Å². The van der Waals surface area contributed by atoms with Crippen LogP contribution in [0, 0.1) is 0 Å². The monoisotopic (exact) mass is 301 g/mol. The van der Waals surface area contributed by atoms with Crippen LogP contribution in [0.25, 0.3) is 0 Å². The molecular weight excluding hydrogens is 287 g/mol.